The van der Waals surface area contributed by atoms with Gasteiger partial charge < -0.3 is 24.3 Å². The van der Waals surface area contributed by atoms with Gasteiger partial charge in [0.2, 0.25) is 0 Å². The van der Waals surface area contributed by atoms with E-state index in [0.29, 0.717) is 16.9 Å². The Hall–Kier alpha value is -2.91. The number of benzene rings is 1. The van der Waals surface area contributed by atoms with Crippen molar-refractivity contribution >= 4 is 34.2 Å². The highest BCUT2D eigenvalue weighted by molar-refractivity contribution is 7.18. The van der Waals surface area contributed by atoms with Gasteiger partial charge in [0.25, 0.3) is 5.91 Å². The van der Waals surface area contributed by atoms with Gasteiger partial charge in [0.1, 0.15) is 22.2 Å². The van der Waals surface area contributed by atoms with Crippen LogP contribution in [-0.4, -0.2) is 51.9 Å². The molecule has 1 aromatic heterocycles. The highest BCUT2D eigenvalue weighted by atomic mass is 32.1. The van der Waals surface area contributed by atoms with E-state index in [1.165, 1.54) is 14.2 Å². The van der Waals surface area contributed by atoms with Crippen molar-refractivity contribution < 1.29 is 33.3 Å². The van der Waals surface area contributed by atoms with E-state index in [1.807, 2.05) is 0 Å². The molecule has 0 spiro atoms. The number of nitrogens with one attached hydrogen (secondary N) is 1. The van der Waals surface area contributed by atoms with Crippen molar-refractivity contribution in [3.8, 4) is 5.75 Å². The van der Waals surface area contributed by atoms with E-state index in [9.17, 15) is 14.4 Å². The number of rotatable bonds is 9. The van der Waals surface area contributed by atoms with E-state index in [0.717, 1.165) is 11.3 Å². The first kappa shape index (κ1) is 22.4. The van der Waals surface area contributed by atoms with Crippen LogP contribution in [0.3, 0.4) is 0 Å². The van der Waals surface area contributed by atoms with Gasteiger partial charge in [-0.2, -0.15) is 0 Å². The number of hydrogen-bond acceptors (Lipinski definition) is 8. The Morgan fingerprint density at radius 2 is 1.83 bits per heavy atom. The Morgan fingerprint density at radius 1 is 1.07 bits per heavy atom. The van der Waals surface area contributed by atoms with E-state index in [4.69, 9.17) is 18.9 Å². The summed E-state index contributed by atoms with van der Waals surface area (Å²) in [4.78, 5) is 37.7. The van der Waals surface area contributed by atoms with Gasteiger partial charge in [0.05, 0.1) is 25.9 Å². The molecule has 29 heavy (non-hydrogen) atoms. The first-order chi connectivity index (χ1) is 13.9. The monoisotopic (exact) mass is 421 g/mol. The molecule has 0 bridgehead atoms. The zero-order valence-electron chi connectivity index (χ0n) is 16.7. The maximum atomic E-state index is 12.7. The van der Waals surface area contributed by atoms with Gasteiger partial charge in [-0.1, -0.05) is 6.07 Å². The molecule has 2 aromatic rings. The van der Waals surface area contributed by atoms with Gasteiger partial charge in [-0.15, -0.1) is 11.3 Å². The molecule has 156 valence electrons. The van der Waals surface area contributed by atoms with Crippen LogP contribution in [-0.2, 0) is 14.2 Å². The minimum absolute atomic E-state index is 0.0763. The van der Waals surface area contributed by atoms with Crippen LogP contribution < -0.4 is 10.1 Å². The number of hydrogen-bond donors (Lipinski definition) is 1. The number of thiophene rings is 1. The Kier molecular flexibility index (Phi) is 8.17. The van der Waals surface area contributed by atoms with Crippen molar-refractivity contribution in [2.75, 3.05) is 39.4 Å². The third-order valence-electron chi connectivity index (χ3n) is 3.89. The standard InChI is InChI=1S/C20H23NO7S/c1-5-27-19(23)15-12(2)16(20(24)28-10-9-25-3)29-18(15)21-17(22)13-7-6-8-14(11-13)26-4/h6-8,11H,5,9-10H2,1-4H3,(H,21,22). The molecule has 2 rings (SSSR count). The molecule has 1 N–H and O–H groups in total. The van der Waals surface area contributed by atoms with E-state index in [1.54, 1.807) is 38.1 Å². The molecule has 0 saturated carbocycles. The van der Waals surface area contributed by atoms with Crippen LogP contribution in [0.4, 0.5) is 5.00 Å². The number of carbonyl (C=O) groups excluding carboxylic acids is 3. The maximum Gasteiger partial charge on any atom is 0.348 e. The van der Waals surface area contributed by atoms with E-state index >= 15 is 0 Å². The fourth-order valence-corrected chi connectivity index (χ4v) is 3.55. The fourth-order valence-electron chi connectivity index (χ4n) is 2.47. The molecule has 0 atom stereocenters. The highest BCUT2D eigenvalue weighted by Gasteiger charge is 2.27. The maximum absolute atomic E-state index is 12.7. The predicted molar refractivity (Wildman–Crippen MR) is 108 cm³/mol. The quantitative estimate of drug-likeness (QED) is 0.490. The molecule has 1 heterocycles. The van der Waals surface area contributed by atoms with Crippen LogP contribution in [0, 0.1) is 6.92 Å². The number of ether oxygens (including phenoxy) is 4. The van der Waals surface area contributed by atoms with Gasteiger partial charge >= 0.3 is 11.9 Å². The average Bonchev–Trinajstić information content (AvgIpc) is 3.04. The summed E-state index contributed by atoms with van der Waals surface area (Å²) in [6.45, 7) is 3.77. The van der Waals surface area contributed by atoms with Crippen molar-refractivity contribution in [1.29, 1.82) is 0 Å². The molecule has 1 aromatic carbocycles. The normalized spacial score (nSPS) is 10.3. The van der Waals surface area contributed by atoms with Gasteiger partial charge in [0, 0.05) is 12.7 Å². The lowest BCUT2D eigenvalue weighted by molar-refractivity contribution is 0.0392. The number of amides is 1. The molecule has 9 heteroatoms. The second kappa shape index (κ2) is 10.6. The van der Waals surface area contributed by atoms with Crippen LogP contribution in [0.1, 0.15) is 42.9 Å². The minimum atomic E-state index is -0.627. The van der Waals surface area contributed by atoms with Crippen LogP contribution in [0.15, 0.2) is 24.3 Å². The summed E-state index contributed by atoms with van der Waals surface area (Å²) in [5.41, 5.74) is 0.859. The number of esters is 2. The average molecular weight is 421 g/mol. The predicted octanol–water partition coefficient (Wildman–Crippen LogP) is 3.30. The van der Waals surface area contributed by atoms with Crippen molar-refractivity contribution in [3.05, 3.63) is 45.8 Å². The lowest BCUT2D eigenvalue weighted by atomic mass is 10.1. The second-order valence-electron chi connectivity index (χ2n) is 5.80. The topological polar surface area (TPSA) is 100 Å². The zero-order chi connectivity index (χ0) is 21.4. The molecule has 0 aliphatic rings. The van der Waals surface area contributed by atoms with Gasteiger partial charge in [-0.05, 0) is 37.6 Å². The highest BCUT2D eigenvalue weighted by Crippen LogP contribution is 2.34. The smallest absolute Gasteiger partial charge is 0.348 e. The molecule has 0 unspecified atom stereocenters. The van der Waals surface area contributed by atoms with Crippen molar-refractivity contribution in [1.82, 2.24) is 0 Å². The van der Waals surface area contributed by atoms with Crippen LogP contribution in [0.2, 0.25) is 0 Å². The van der Waals surface area contributed by atoms with Crippen LogP contribution in [0.5, 0.6) is 5.75 Å². The minimum Gasteiger partial charge on any atom is -0.497 e. The molecule has 0 saturated heterocycles. The summed E-state index contributed by atoms with van der Waals surface area (Å²) in [5.74, 6) is -1.15. The fraction of sp³-hybridized carbons (Fsp3) is 0.350. The first-order valence-corrected chi connectivity index (χ1v) is 9.66. The Balaban J connectivity index is 2.35. The van der Waals surface area contributed by atoms with Crippen molar-refractivity contribution in [3.63, 3.8) is 0 Å². The largest absolute Gasteiger partial charge is 0.497 e. The Bertz CT molecular complexity index is 891. The zero-order valence-corrected chi connectivity index (χ0v) is 17.5. The van der Waals surface area contributed by atoms with Crippen LogP contribution in [0.25, 0.3) is 0 Å². The Labute approximate surface area is 172 Å². The molecule has 0 aliphatic carbocycles. The summed E-state index contributed by atoms with van der Waals surface area (Å²) >= 11 is 0.960. The van der Waals surface area contributed by atoms with Gasteiger partial charge in [-0.25, -0.2) is 9.59 Å². The SMILES string of the molecule is CCOC(=O)c1c(NC(=O)c2cccc(OC)c2)sc(C(=O)OCCOC)c1C. The third kappa shape index (κ3) is 5.55. The lowest BCUT2D eigenvalue weighted by Gasteiger charge is -2.08. The molecule has 0 fully saturated rings. The summed E-state index contributed by atoms with van der Waals surface area (Å²) in [6.07, 6.45) is 0. The Morgan fingerprint density at radius 3 is 2.48 bits per heavy atom. The van der Waals surface area contributed by atoms with E-state index in [2.05, 4.69) is 5.32 Å². The lowest BCUT2D eigenvalue weighted by Crippen LogP contribution is -2.15. The molecule has 0 aliphatic heterocycles. The second-order valence-corrected chi connectivity index (χ2v) is 6.82. The van der Waals surface area contributed by atoms with Gasteiger partial charge in [0.15, 0.2) is 0 Å². The molecule has 8 nitrogen and oxygen atoms in total. The summed E-state index contributed by atoms with van der Waals surface area (Å²) in [6, 6.07) is 6.57. The first-order valence-electron chi connectivity index (χ1n) is 8.84. The number of methoxy groups -OCH3 is 2. The number of anilines is 1. The third-order valence-corrected chi connectivity index (χ3v) is 5.08. The molecule has 0 radical (unpaired) electrons. The summed E-state index contributed by atoms with van der Waals surface area (Å²) in [7, 11) is 3.00. The molecule has 1 amide bonds. The molecular weight excluding hydrogens is 398 g/mol. The van der Waals surface area contributed by atoms with E-state index < -0.39 is 17.8 Å². The molecular formula is C20H23NO7S. The van der Waals surface area contributed by atoms with Crippen LogP contribution >= 0.6 is 11.3 Å². The van der Waals surface area contributed by atoms with Crippen molar-refractivity contribution in [2.24, 2.45) is 0 Å². The van der Waals surface area contributed by atoms with Crippen molar-refractivity contribution in [2.45, 2.75) is 13.8 Å². The summed E-state index contributed by atoms with van der Waals surface area (Å²) in [5, 5.41) is 2.91. The number of carbonyl (C=O) groups is 3. The van der Waals surface area contributed by atoms with E-state index in [-0.39, 0.29) is 35.3 Å². The summed E-state index contributed by atoms with van der Waals surface area (Å²) < 4.78 is 20.2. The van der Waals surface area contributed by atoms with Gasteiger partial charge in [-0.3, -0.25) is 4.79 Å².